The van der Waals surface area contributed by atoms with Gasteiger partial charge in [0.25, 0.3) is 5.91 Å². The summed E-state index contributed by atoms with van der Waals surface area (Å²) in [5.74, 6) is 2.46. The van der Waals surface area contributed by atoms with Gasteiger partial charge in [-0.2, -0.15) is 4.98 Å². The van der Waals surface area contributed by atoms with Crippen molar-refractivity contribution in [3.05, 3.63) is 47.7 Å². The molecule has 1 N–H and O–H groups in total. The minimum absolute atomic E-state index is 0.0978. The highest BCUT2D eigenvalue weighted by molar-refractivity contribution is 5.93. The van der Waals surface area contributed by atoms with Crippen molar-refractivity contribution in [3.8, 4) is 0 Å². The maximum atomic E-state index is 13.0. The van der Waals surface area contributed by atoms with Gasteiger partial charge in [-0.05, 0) is 44.1 Å². The highest BCUT2D eigenvalue weighted by Gasteiger charge is 2.30. The van der Waals surface area contributed by atoms with Gasteiger partial charge in [0.2, 0.25) is 5.95 Å². The van der Waals surface area contributed by atoms with Crippen LogP contribution in [0.15, 0.2) is 36.4 Å². The summed E-state index contributed by atoms with van der Waals surface area (Å²) in [5.41, 5.74) is 1.82. The molecular formula is C25H33N5O2. The van der Waals surface area contributed by atoms with Crippen molar-refractivity contribution in [1.29, 1.82) is 0 Å². The zero-order valence-electron chi connectivity index (χ0n) is 18.9. The molecule has 0 radical (unpaired) electrons. The number of nitrogens with zero attached hydrogens (tertiary/aromatic N) is 4. The van der Waals surface area contributed by atoms with Crippen LogP contribution >= 0.6 is 0 Å². The van der Waals surface area contributed by atoms with Crippen LogP contribution in [-0.2, 0) is 4.74 Å². The maximum Gasteiger partial charge on any atom is 0.270 e. The van der Waals surface area contributed by atoms with Gasteiger partial charge in [-0.15, -0.1) is 0 Å². The first kappa shape index (κ1) is 21.2. The minimum Gasteiger partial charge on any atom is -0.378 e. The molecule has 1 aromatic heterocycles. The predicted molar refractivity (Wildman–Crippen MR) is 125 cm³/mol. The van der Waals surface area contributed by atoms with E-state index in [9.17, 15) is 4.79 Å². The second-order valence-corrected chi connectivity index (χ2v) is 9.35. The number of carbonyl (C=O) groups is 1. The zero-order chi connectivity index (χ0) is 21.9. The summed E-state index contributed by atoms with van der Waals surface area (Å²) >= 11 is 0. The van der Waals surface area contributed by atoms with Crippen LogP contribution in [0.3, 0.4) is 0 Å². The molecule has 5 rings (SSSR count). The standard InChI is InChI=1S/C25H33N5O2/c1-18-7-10-21(20-5-3-2-4-6-20)17-30(18)25-27-22(24(31)26-16-19-8-9-19)15-23(28-25)29-11-13-32-14-12-29/h2-6,15,18-19,21H,7-14,16-17H2,1H3,(H,26,31). The third kappa shape index (κ3) is 4.88. The van der Waals surface area contributed by atoms with Gasteiger partial charge in [-0.3, -0.25) is 4.79 Å². The number of hydrogen-bond acceptors (Lipinski definition) is 6. The van der Waals surface area contributed by atoms with E-state index in [1.54, 1.807) is 0 Å². The Balaban J connectivity index is 1.43. The van der Waals surface area contributed by atoms with Crippen molar-refractivity contribution in [2.75, 3.05) is 49.2 Å². The number of amides is 1. The summed E-state index contributed by atoms with van der Waals surface area (Å²) in [6.07, 6.45) is 4.65. The molecule has 0 bridgehead atoms. The lowest BCUT2D eigenvalue weighted by Crippen LogP contribution is -2.43. The van der Waals surface area contributed by atoms with Crippen LogP contribution < -0.4 is 15.1 Å². The number of piperidine rings is 1. The highest BCUT2D eigenvalue weighted by Crippen LogP contribution is 2.33. The van der Waals surface area contributed by atoms with E-state index in [4.69, 9.17) is 14.7 Å². The number of benzene rings is 1. The van der Waals surface area contributed by atoms with E-state index >= 15 is 0 Å². The molecule has 2 atom stereocenters. The lowest BCUT2D eigenvalue weighted by Gasteiger charge is -2.39. The second-order valence-electron chi connectivity index (χ2n) is 9.35. The number of morpholine rings is 1. The number of carbonyl (C=O) groups excluding carboxylic acids is 1. The van der Waals surface area contributed by atoms with Crippen molar-refractivity contribution < 1.29 is 9.53 Å². The van der Waals surface area contributed by atoms with Crippen LogP contribution in [-0.4, -0.2) is 61.3 Å². The van der Waals surface area contributed by atoms with E-state index in [0.717, 1.165) is 44.8 Å². The molecule has 2 saturated heterocycles. The summed E-state index contributed by atoms with van der Waals surface area (Å²) in [6.45, 7) is 6.75. The second kappa shape index (κ2) is 9.45. The number of aromatic nitrogens is 2. The average Bonchev–Trinajstić information content (AvgIpc) is 3.68. The molecule has 3 heterocycles. The number of anilines is 2. The van der Waals surface area contributed by atoms with Gasteiger partial charge in [0.05, 0.1) is 13.2 Å². The van der Waals surface area contributed by atoms with Crippen LogP contribution in [0, 0.1) is 5.92 Å². The molecule has 32 heavy (non-hydrogen) atoms. The van der Waals surface area contributed by atoms with Gasteiger partial charge in [-0.1, -0.05) is 30.3 Å². The first-order chi connectivity index (χ1) is 15.7. The topological polar surface area (TPSA) is 70.6 Å². The molecule has 170 valence electrons. The first-order valence-corrected chi connectivity index (χ1v) is 12.0. The zero-order valence-corrected chi connectivity index (χ0v) is 18.9. The Bertz CT molecular complexity index is 927. The third-order valence-corrected chi connectivity index (χ3v) is 6.93. The van der Waals surface area contributed by atoms with E-state index in [2.05, 4.69) is 52.4 Å². The van der Waals surface area contributed by atoms with E-state index < -0.39 is 0 Å². The molecule has 1 aliphatic carbocycles. The van der Waals surface area contributed by atoms with Crippen LogP contribution in [0.25, 0.3) is 0 Å². The van der Waals surface area contributed by atoms with Crippen molar-refractivity contribution in [3.63, 3.8) is 0 Å². The Labute approximate surface area is 190 Å². The number of rotatable bonds is 6. The van der Waals surface area contributed by atoms with Crippen LogP contribution in [0.1, 0.15) is 54.6 Å². The normalized spacial score (nSPS) is 23.8. The van der Waals surface area contributed by atoms with Crippen molar-refractivity contribution in [1.82, 2.24) is 15.3 Å². The van der Waals surface area contributed by atoms with Gasteiger partial charge >= 0.3 is 0 Å². The van der Waals surface area contributed by atoms with Crippen molar-refractivity contribution in [2.24, 2.45) is 5.92 Å². The van der Waals surface area contributed by atoms with Gasteiger partial charge in [-0.25, -0.2) is 4.98 Å². The fourth-order valence-corrected chi connectivity index (χ4v) is 4.65. The summed E-state index contributed by atoms with van der Waals surface area (Å²) in [4.78, 5) is 27.2. The number of ether oxygens (including phenoxy) is 1. The van der Waals surface area contributed by atoms with Crippen LogP contribution in [0.5, 0.6) is 0 Å². The smallest absolute Gasteiger partial charge is 0.270 e. The molecule has 3 fully saturated rings. The Morgan fingerprint density at radius 3 is 2.62 bits per heavy atom. The van der Waals surface area contributed by atoms with Gasteiger partial charge < -0.3 is 19.9 Å². The van der Waals surface area contributed by atoms with E-state index in [1.165, 1.54) is 18.4 Å². The van der Waals surface area contributed by atoms with Gasteiger partial charge in [0.15, 0.2) is 0 Å². The summed E-state index contributed by atoms with van der Waals surface area (Å²) in [6, 6.07) is 12.9. The van der Waals surface area contributed by atoms with Crippen molar-refractivity contribution in [2.45, 2.75) is 44.6 Å². The SMILES string of the molecule is CC1CCC(c2ccccc2)CN1c1nc(C(=O)NCC2CC2)cc(N2CCOCC2)n1. The van der Waals surface area contributed by atoms with E-state index in [0.29, 0.717) is 42.7 Å². The molecule has 7 heteroatoms. The molecule has 0 spiro atoms. The van der Waals surface area contributed by atoms with Gasteiger partial charge in [0.1, 0.15) is 11.5 Å². The Hall–Kier alpha value is -2.67. The molecule has 3 aliphatic rings. The Morgan fingerprint density at radius 1 is 1.09 bits per heavy atom. The molecule has 1 aromatic carbocycles. The average molecular weight is 436 g/mol. The fraction of sp³-hybridized carbons (Fsp3) is 0.560. The minimum atomic E-state index is -0.0978. The van der Waals surface area contributed by atoms with E-state index in [1.807, 2.05) is 6.07 Å². The molecule has 1 amide bonds. The van der Waals surface area contributed by atoms with Gasteiger partial charge in [0, 0.05) is 44.2 Å². The molecule has 2 unspecified atom stereocenters. The van der Waals surface area contributed by atoms with Crippen LogP contribution in [0.4, 0.5) is 11.8 Å². The first-order valence-electron chi connectivity index (χ1n) is 12.0. The monoisotopic (exact) mass is 435 g/mol. The van der Waals surface area contributed by atoms with Crippen molar-refractivity contribution >= 4 is 17.7 Å². The lowest BCUT2D eigenvalue weighted by atomic mass is 9.88. The third-order valence-electron chi connectivity index (χ3n) is 6.93. The Kier molecular flexibility index (Phi) is 6.26. The number of hydrogen-bond donors (Lipinski definition) is 1. The molecule has 2 aromatic rings. The Morgan fingerprint density at radius 2 is 1.88 bits per heavy atom. The maximum absolute atomic E-state index is 13.0. The lowest BCUT2D eigenvalue weighted by molar-refractivity contribution is 0.0946. The largest absolute Gasteiger partial charge is 0.378 e. The summed E-state index contributed by atoms with van der Waals surface area (Å²) in [5, 5.41) is 3.08. The predicted octanol–water partition coefficient (Wildman–Crippen LogP) is 3.23. The summed E-state index contributed by atoms with van der Waals surface area (Å²) < 4.78 is 5.52. The fourth-order valence-electron chi connectivity index (χ4n) is 4.65. The number of nitrogens with one attached hydrogen (secondary N) is 1. The molecule has 2 aliphatic heterocycles. The quantitative estimate of drug-likeness (QED) is 0.751. The molecule has 7 nitrogen and oxygen atoms in total. The highest BCUT2D eigenvalue weighted by atomic mass is 16.5. The van der Waals surface area contributed by atoms with E-state index in [-0.39, 0.29) is 5.91 Å². The van der Waals surface area contributed by atoms with Crippen LogP contribution in [0.2, 0.25) is 0 Å². The molecule has 1 saturated carbocycles. The molecular weight excluding hydrogens is 402 g/mol. The summed E-state index contributed by atoms with van der Waals surface area (Å²) in [7, 11) is 0.